The largest absolute Gasteiger partial charge is 0.370 e. The van der Waals surface area contributed by atoms with Gasteiger partial charge in [0.2, 0.25) is 0 Å². The van der Waals surface area contributed by atoms with Crippen LogP contribution in [0.5, 0.6) is 0 Å². The highest BCUT2D eigenvalue weighted by Gasteiger charge is 2.17. The van der Waals surface area contributed by atoms with Crippen LogP contribution < -0.4 is 16.4 Å². The SMILES string of the molecule is I.NC(=NCc1cccc(NC(=O)N2CCCC2)c1)Nc1cccc2c1CCCC2. The molecule has 1 fully saturated rings. The normalized spacial score (nSPS) is 15.9. The number of likely N-dealkylation sites (tertiary alicyclic amines) is 1. The molecule has 160 valence electrons. The van der Waals surface area contributed by atoms with E-state index in [4.69, 9.17) is 5.73 Å². The van der Waals surface area contributed by atoms with Crippen molar-refractivity contribution in [2.45, 2.75) is 45.1 Å². The molecule has 2 aliphatic rings. The van der Waals surface area contributed by atoms with E-state index >= 15 is 0 Å². The smallest absolute Gasteiger partial charge is 0.321 e. The highest BCUT2D eigenvalue weighted by atomic mass is 127. The molecule has 0 atom stereocenters. The maximum Gasteiger partial charge on any atom is 0.321 e. The van der Waals surface area contributed by atoms with Crippen LogP contribution in [0.4, 0.5) is 16.2 Å². The van der Waals surface area contributed by atoms with Crippen molar-refractivity contribution in [1.29, 1.82) is 0 Å². The summed E-state index contributed by atoms with van der Waals surface area (Å²) in [5.74, 6) is 0.412. The van der Waals surface area contributed by atoms with E-state index in [0.717, 1.165) is 55.7 Å². The number of anilines is 2. The first-order valence-electron chi connectivity index (χ1n) is 10.5. The number of aryl methyl sites for hydroxylation is 1. The maximum absolute atomic E-state index is 12.3. The van der Waals surface area contributed by atoms with Gasteiger partial charge in [-0.2, -0.15) is 0 Å². The summed E-state index contributed by atoms with van der Waals surface area (Å²) in [5, 5.41) is 6.25. The van der Waals surface area contributed by atoms with Crippen LogP contribution in [0.2, 0.25) is 0 Å². The molecule has 6 nitrogen and oxygen atoms in total. The first-order valence-corrected chi connectivity index (χ1v) is 10.5. The molecule has 4 N–H and O–H groups in total. The second-order valence-electron chi connectivity index (χ2n) is 7.80. The molecule has 2 aromatic rings. The minimum absolute atomic E-state index is 0. The Morgan fingerprint density at radius 2 is 1.77 bits per heavy atom. The second kappa shape index (κ2) is 10.7. The third-order valence-electron chi connectivity index (χ3n) is 5.66. The molecular weight excluding hydrogens is 489 g/mol. The molecule has 0 aromatic heterocycles. The summed E-state index contributed by atoms with van der Waals surface area (Å²) < 4.78 is 0. The van der Waals surface area contributed by atoms with Crippen molar-refractivity contribution in [2.75, 3.05) is 23.7 Å². The molecule has 4 rings (SSSR count). The van der Waals surface area contributed by atoms with Crippen LogP contribution >= 0.6 is 24.0 Å². The Labute approximate surface area is 195 Å². The zero-order chi connectivity index (χ0) is 20.1. The minimum atomic E-state index is -0.0295. The van der Waals surface area contributed by atoms with Crippen LogP contribution in [0.25, 0.3) is 0 Å². The van der Waals surface area contributed by atoms with Crippen LogP contribution in [0.1, 0.15) is 42.4 Å². The van der Waals surface area contributed by atoms with Gasteiger partial charge in [0.05, 0.1) is 6.54 Å². The van der Waals surface area contributed by atoms with Crippen molar-refractivity contribution in [3.63, 3.8) is 0 Å². The van der Waals surface area contributed by atoms with Gasteiger partial charge >= 0.3 is 6.03 Å². The fourth-order valence-electron chi connectivity index (χ4n) is 4.12. The molecule has 30 heavy (non-hydrogen) atoms. The zero-order valence-electron chi connectivity index (χ0n) is 17.2. The Morgan fingerprint density at radius 1 is 1.00 bits per heavy atom. The lowest BCUT2D eigenvalue weighted by atomic mass is 9.90. The molecule has 1 aliphatic carbocycles. The van der Waals surface area contributed by atoms with Gasteiger partial charge in [0, 0.05) is 24.5 Å². The number of fused-ring (bicyclic) bond motifs is 1. The van der Waals surface area contributed by atoms with E-state index in [1.807, 2.05) is 29.2 Å². The molecule has 7 heteroatoms. The maximum atomic E-state index is 12.3. The molecule has 0 bridgehead atoms. The molecule has 0 unspecified atom stereocenters. The predicted molar refractivity (Wildman–Crippen MR) is 134 cm³/mol. The summed E-state index contributed by atoms with van der Waals surface area (Å²) in [4.78, 5) is 18.6. The number of hydrogen-bond acceptors (Lipinski definition) is 2. The molecule has 2 amide bonds. The number of hydrogen-bond donors (Lipinski definition) is 3. The van der Waals surface area contributed by atoms with Crippen LogP contribution in [0.3, 0.4) is 0 Å². The molecule has 0 radical (unpaired) electrons. The summed E-state index contributed by atoms with van der Waals surface area (Å²) in [6, 6.07) is 14.1. The Hall–Kier alpha value is -2.29. The summed E-state index contributed by atoms with van der Waals surface area (Å²) in [5.41, 5.74) is 11.8. The molecule has 2 aromatic carbocycles. The number of carbonyl (C=O) groups excluding carboxylic acids is 1. The van der Waals surface area contributed by atoms with Crippen molar-refractivity contribution < 1.29 is 4.79 Å². The number of nitrogens with two attached hydrogens (primary N) is 1. The Kier molecular flexibility index (Phi) is 7.95. The minimum Gasteiger partial charge on any atom is -0.370 e. The Balaban J connectivity index is 0.00000256. The predicted octanol–water partition coefficient (Wildman–Crippen LogP) is 4.74. The third-order valence-corrected chi connectivity index (χ3v) is 5.66. The number of nitrogens with one attached hydrogen (secondary N) is 2. The number of urea groups is 1. The van der Waals surface area contributed by atoms with Crippen molar-refractivity contribution >= 4 is 47.3 Å². The van der Waals surface area contributed by atoms with Gasteiger partial charge in [0.1, 0.15) is 0 Å². The molecule has 0 spiro atoms. The average molecular weight is 519 g/mol. The first-order chi connectivity index (χ1) is 14.2. The summed E-state index contributed by atoms with van der Waals surface area (Å²) in [7, 11) is 0. The van der Waals surface area contributed by atoms with Crippen molar-refractivity contribution in [3.8, 4) is 0 Å². The third kappa shape index (κ3) is 5.65. The van der Waals surface area contributed by atoms with Crippen molar-refractivity contribution in [3.05, 3.63) is 59.2 Å². The zero-order valence-corrected chi connectivity index (χ0v) is 19.5. The molecular formula is C23H30IN5O. The first kappa shape index (κ1) is 22.4. The number of guanidine groups is 1. The fraction of sp³-hybridized carbons (Fsp3) is 0.391. The van der Waals surface area contributed by atoms with Crippen LogP contribution in [-0.2, 0) is 19.4 Å². The molecule has 1 aliphatic heterocycles. The van der Waals surface area contributed by atoms with E-state index in [9.17, 15) is 4.79 Å². The van der Waals surface area contributed by atoms with E-state index in [1.165, 1.54) is 24.0 Å². The summed E-state index contributed by atoms with van der Waals surface area (Å²) in [6.07, 6.45) is 6.86. The topological polar surface area (TPSA) is 82.7 Å². The number of amides is 2. The van der Waals surface area contributed by atoms with Crippen molar-refractivity contribution in [2.24, 2.45) is 10.7 Å². The Morgan fingerprint density at radius 3 is 2.60 bits per heavy atom. The van der Waals surface area contributed by atoms with Crippen LogP contribution in [-0.4, -0.2) is 30.0 Å². The molecule has 0 saturated carbocycles. The fourth-order valence-corrected chi connectivity index (χ4v) is 4.12. The quantitative estimate of drug-likeness (QED) is 0.310. The van der Waals surface area contributed by atoms with E-state index in [-0.39, 0.29) is 30.0 Å². The van der Waals surface area contributed by atoms with Gasteiger partial charge in [-0.15, -0.1) is 24.0 Å². The monoisotopic (exact) mass is 519 g/mol. The van der Waals surface area contributed by atoms with E-state index in [0.29, 0.717) is 12.5 Å². The lowest BCUT2D eigenvalue weighted by molar-refractivity contribution is 0.222. The van der Waals surface area contributed by atoms with Gasteiger partial charge in [0.15, 0.2) is 5.96 Å². The summed E-state index contributed by atoms with van der Waals surface area (Å²) >= 11 is 0. The van der Waals surface area contributed by atoms with Crippen molar-refractivity contribution in [1.82, 2.24) is 4.90 Å². The van der Waals surface area contributed by atoms with Gasteiger partial charge in [-0.1, -0.05) is 24.3 Å². The lowest BCUT2D eigenvalue weighted by Crippen LogP contribution is -2.32. The standard InChI is InChI=1S/C23H29N5O.HI/c24-22(27-21-12-6-9-18-8-1-2-11-20(18)21)25-16-17-7-5-10-19(15-17)26-23(29)28-13-3-4-14-28;/h5-7,9-10,12,15H,1-4,8,11,13-14,16H2,(H,26,29)(H3,24,25,27);1H. The van der Waals surface area contributed by atoms with Crippen LogP contribution in [0, 0.1) is 0 Å². The number of carbonyl (C=O) groups is 1. The van der Waals surface area contributed by atoms with E-state index in [1.54, 1.807) is 0 Å². The number of rotatable bonds is 4. The van der Waals surface area contributed by atoms with Gasteiger partial charge in [0.25, 0.3) is 0 Å². The van der Waals surface area contributed by atoms with E-state index in [2.05, 4.69) is 33.8 Å². The van der Waals surface area contributed by atoms with E-state index < -0.39 is 0 Å². The number of aliphatic imine (C=N–C) groups is 1. The highest BCUT2D eigenvalue weighted by Crippen LogP contribution is 2.27. The van der Waals surface area contributed by atoms with Gasteiger partial charge in [-0.25, -0.2) is 9.79 Å². The van der Waals surface area contributed by atoms with Gasteiger partial charge < -0.3 is 21.3 Å². The van der Waals surface area contributed by atoms with Crippen LogP contribution in [0.15, 0.2) is 47.5 Å². The average Bonchev–Trinajstić information content (AvgIpc) is 3.28. The number of benzene rings is 2. The molecule has 1 saturated heterocycles. The Bertz CT molecular complexity index is 908. The lowest BCUT2D eigenvalue weighted by Gasteiger charge is -2.19. The number of halogens is 1. The summed E-state index contributed by atoms with van der Waals surface area (Å²) in [6.45, 7) is 2.13. The highest BCUT2D eigenvalue weighted by molar-refractivity contribution is 14.0. The second-order valence-corrected chi connectivity index (χ2v) is 7.80. The molecule has 1 heterocycles. The van der Waals surface area contributed by atoms with Gasteiger partial charge in [-0.3, -0.25) is 0 Å². The van der Waals surface area contributed by atoms with Gasteiger partial charge in [-0.05, 0) is 73.4 Å². The number of nitrogens with zero attached hydrogens (tertiary/aromatic N) is 2.